The molecule has 1 heterocycles. The predicted octanol–water partition coefficient (Wildman–Crippen LogP) is 1.63. The lowest BCUT2D eigenvalue weighted by Crippen LogP contribution is -2.24. The van der Waals surface area contributed by atoms with E-state index in [0.717, 1.165) is 6.07 Å². The molecule has 0 fully saturated rings. The molecule has 1 amide bonds. The van der Waals surface area contributed by atoms with Crippen LogP contribution in [0.2, 0.25) is 0 Å². The molecule has 0 bridgehead atoms. The van der Waals surface area contributed by atoms with E-state index in [4.69, 9.17) is 10.3 Å². The minimum atomic E-state index is -0.649. The number of hydrogen-bond donors (Lipinski definition) is 2. The smallest absolute Gasteiger partial charge is 0.254 e. The van der Waals surface area contributed by atoms with Crippen LogP contribution >= 0.6 is 0 Å². The third-order valence-electron chi connectivity index (χ3n) is 2.34. The second kappa shape index (κ2) is 4.87. The van der Waals surface area contributed by atoms with Gasteiger partial charge in [-0.15, -0.1) is 0 Å². The van der Waals surface area contributed by atoms with E-state index in [2.05, 4.69) is 10.5 Å². The highest BCUT2D eigenvalue weighted by Gasteiger charge is 2.12. The largest absolute Gasteiger partial charge is 0.399 e. The van der Waals surface area contributed by atoms with Gasteiger partial charge in [0.15, 0.2) is 0 Å². The normalized spacial score (nSPS) is 10.3. The highest BCUT2D eigenvalue weighted by Crippen LogP contribution is 2.11. The van der Waals surface area contributed by atoms with E-state index < -0.39 is 11.7 Å². The summed E-state index contributed by atoms with van der Waals surface area (Å²) in [4.78, 5) is 11.7. The van der Waals surface area contributed by atoms with Gasteiger partial charge < -0.3 is 15.6 Å². The first-order chi connectivity index (χ1) is 8.56. The van der Waals surface area contributed by atoms with Gasteiger partial charge in [0.05, 0.1) is 12.1 Å². The van der Waals surface area contributed by atoms with Crippen molar-refractivity contribution in [3.63, 3.8) is 0 Å². The second-order valence-electron chi connectivity index (χ2n) is 3.85. The Morgan fingerprint density at radius 3 is 2.89 bits per heavy atom. The molecular formula is C12H12FN3O2. The van der Waals surface area contributed by atoms with Crippen LogP contribution < -0.4 is 11.1 Å². The van der Waals surface area contributed by atoms with Crippen molar-refractivity contribution in [3.05, 3.63) is 47.1 Å². The first-order valence-corrected chi connectivity index (χ1v) is 5.31. The van der Waals surface area contributed by atoms with Crippen molar-refractivity contribution < 1.29 is 13.7 Å². The molecule has 1 aromatic carbocycles. The van der Waals surface area contributed by atoms with E-state index >= 15 is 0 Å². The van der Waals surface area contributed by atoms with E-state index in [9.17, 15) is 9.18 Å². The van der Waals surface area contributed by atoms with Gasteiger partial charge in [-0.1, -0.05) is 5.16 Å². The lowest BCUT2D eigenvalue weighted by molar-refractivity contribution is 0.0946. The number of rotatable bonds is 3. The number of hydrogen-bond acceptors (Lipinski definition) is 4. The van der Waals surface area contributed by atoms with E-state index in [1.165, 1.54) is 12.1 Å². The minimum absolute atomic E-state index is 0.0515. The molecule has 0 aliphatic heterocycles. The molecule has 5 nitrogen and oxygen atoms in total. The Morgan fingerprint density at radius 1 is 1.50 bits per heavy atom. The summed E-state index contributed by atoms with van der Waals surface area (Å²) in [5.41, 5.74) is 6.20. The molecule has 0 atom stereocenters. The topological polar surface area (TPSA) is 81.2 Å². The van der Waals surface area contributed by atoms with Crippen LogP contribution in [-0.2, 0) is 6.54 Å². The Balaban J connectivity index is 2.03. The summed E-state index contributed by atoms with van der Waals surface area (Å²) in [6.07, 6.45) is 0. The monoisotopic (exact) mass is 249 g/mol. The minimum Gasteiger partial charge on any atom is -0.399 e. The molecule has 0 unspecified atom stereocenters. The molecule has 2 rings (SSSR count). The number of aryl methyl sites for hydroxylation is 1. The first kappa shape index (κ1) is 12.1. The fraction of sp³-hybridized carbons (Fsp3) is 0.167. The number of nitrogen functional groups attached to an aromatic ring is 1. The van der Waals surface area contributed by atoms with Crippen LogP contribution in [0.1, 0.15) is 21.8 Å². The van der Waals surface area contributed by atoms with Crippen LogP contribution in [0.4, 0.5) is 10.1 Å². The zero-order valence-corrected chi connectivity index (χ0v) is 9.74. The maximum absolute atomic E-state index is 13.5. The van der Waals surface area contributed by atoms with Crippen LogP contribution in [0.15, 0.2) is 28.8 Å². The Hall–Kier alpha value is -2.37. The summed E-state index contributed by atoms with van der Waals surface area (Å²) in [6, 6.07) is 5.61. The molecule has 94 valence electrons. The van der Waals surface area contributed by atoms with Crippen LogP contribution in [0.5, 0.6) is 0 Å². The zero-order chi connectivity index (χ0) is 13.1. The molecule has 0 saturated carbocycles. The summed E-state index contributed by atoms with van der Waals surface area (Å²) in [5.74, 6) is -0.519. The van der Waals surface area contributed by atoms with E-state index in [0.29, 0.717) is 11.5 Å². The van der Waals surface area contributed by atoms with Crippen molar-refractivity contribution in [1.29, 1.82) is 0 Å². The quantitative estimate of drug-likeness (QED) is 0.810. The van der Waals surface area contributed by atoms with Crippen LogP contribution in [0.3, 0.4) is 0 Å². The van der Waals surface area contributed by atoms with Gasteiger partial charge in [0.2, 0.25) is 0 Å². The zero-order valence-electron chi connectivity index (χ0n) is 9.74. The third-order valence-corrected chi connectivity index (χ3v) is 2.34. The van der Waals surface area contributed by atoms with Crippen molar-refractivity contribution in [2.45, 2.75) is 13.5 Å². The highest BCUT2D eigenvalue weighted by atomic mass is 19.1. The van der Waals surface area contributed by atoms with Crippen LogP contribution in [0.25, 0.3) is 0 Å². The molecule has 6 heteroatoms. The molecule has 3 N–H and O–H groups in total. The number of aromatic nitrogens is 1. The lowest BCUT2D eigenvalue weighted by Gasteiger charge is -2.04. The lowest BCUT2D eigenvalue weighted by atomic mass is 10.2. The summed E-state index contributed by atoms with van der Waals surface area (Å²) in [6.45, 7) is 1.93. The number of anilines is 1. The number of halogens is 1. The number of carbonyl (C=O) groups excluding carboxylic acids is 1. The Bertz CT molecular complexity index is 580. The average Bonchev–Trinajstić information content (AvgIpc) is 2.72. The van der Waals surface area contributed by atoms with Gasteiger partial charge in [0, 0.05) is 11.8 Å². The SMILES string of the molecule is Cc1cc(CNC(=O)c2ccc(N)cc2F)no1. The maximum Gasteiger partial charge on any atom is 0.254 e. The van der Waals surface area contributed by atoms with Crippen molar-refractivity contribution in [2.24, 2.45) is 0 Å². The number of amides is 1. The molecule has 1 aromatic heterocycles. The van der Waals surface area contributed by atoms with Crippen molar-refractivity contribution >= 4 is 11.6 Å². The molecule has 18 heavy (non-hydrogen) atoms. The van der Waals surface area contributed by atoms with Crippen molar-refractivity contribution in [1.82, 2.24) is 10.5 Å². The highest BCUT2D eigenvalue weighted by molar-refractivity contribution is 5.94. The first-order valence-electron chi connectivity index (χ1n) is 5.31. The molecule has 0 radical (unpaired) electrons. The number of carbonyl (C=O) groups is 1. The number of nitrogens with two attached hydrogens (primary N) is 1. The standard InChI is InChI=1S/C12H12FN3O2/c1-7-4-9(16-18-7)6-15-12(17)10-3-2-8(14)5-11(10)13/h2-5H,6,14H2,1H3,(H,15,17). The van der Waals surface area contributed by atoms with Crippen molar-refractivity contribution in [2.75, 3.05) is 5.73 Å². The number of nitrogens with zero attached hydrogens (tertiary/aromatic N) is 1. The summed E-state index contributed by atoms with van der Waals surface area (Å²) in [5, 5.41) is 6.26. The molecule has 0 aliphatic rings. The summed E-state index contributed by atoms with van der Waals surface area (Å²) < 4.78 is 18.3. The Labute approximate surface area is 103 Å². The molecule has 0 saturated heterocycles. The average molecular weight is 249 g/mol. The fourth-order valence-corrected chi connectivity index (χ4v) is 1.48. The van der Waals surface area contributed by atoms with Crippen LogP contribution in [0, 0.1) is 12.7 Å². The van der Waals surface area contributed by atoms with Gasteiger partial charge in [0.25, 0.3) is 5.91 Å². The van der Waals surface area contributed by atoms with Gasteiger partial charge in [-0.2, -0.15) is 0 Å². The van der Waals surface area contributed by atoms with Crippen LogP contribution in [-0.4, -0.2) is 11.1 Å². The Morgan fingerprint density at radius 2 is 2.28 bits per heavy atom. The molecular weight excluding hydrogens is 237 g/mol. The predicted molar refractivity (Wildman–Crippen MR) is 63.2 cm³/mol. The maximum atomic E-state index is 13.5. The Kier molecular flexibility index (Phi) is 3.27. The summed E-state index contributed by atoms with van der Waals surface area (Å²) in [7, 11) is 0. The third kappa shape index (κ3) is 2.65. The molecule has 2 aromatic rings. The second-order valence-corrected chi connectivity index (χ2v) is 3.85. The van der Waals surface area contributed by atoms with Gasteiger partial charge >= 0.3 is 0 Å². The number of nitrogens with one attached hydrogen (secondary N) is 1. The van der Waals surface area contributed by atoms with E-state index in [-0.39, 0.29) is 17.8 Å². The van der Waals surface area contributed by atoms with Gasteiger partial charge in [-0.3, -0.25) is 4.79 Å². The number of benzene rings is 1. The van der Waals surface area contributed by atoms with Gasteiger partial charge in [0.1, 0.15) is 17.3 Å². The molecule has 0 aliphatic carbocycles. The van der Waals surface area contributed by atoms with Crippen molar-refractivity contribution in [3.8, 4) is 0 Å². The van der Waals surface area contributed by atoms with Gasteiger partial charge in [-0.25, -0.2) is 4.39 Å². The fourth-order valence-electron chi connectivity index (χ4n) is 1.48. The van der Waals surface area contributed by atoms with E-state index in [1.54, 1.807) is 13.0 Å². The molecule has 0 spiro atoms. The summed E-state index contributed by atoms with van der Waals surface area (Å²) >= 11 is 0. The van der Waals surface area contributed by atoms with Gasteiger partial charge in [-0.05, 0) is 25.1 Å². The van der Waals surface area contributed by atoms with E-state index in [1.807, 2.05) is 0 Å².